The van der Waals surface area contributed by atoms with Crippen molar-refractivity contribution in [1.29, 1.82) is 0 Å². The van der Waals surface area contributed by atoms with Crippen molar-refractivity contribution in [2.24, 2.45) is 0 Å². The molecule has 30 heavy (non-hydrogen) atoms. The average molecular weight is 439 g/mol. The van der Waals surface area contributed by atoms with Gasteiger partial charge in [0.1, 0.15) is 5.52 Å². The van der Waals surface area contributed by atoms with Crippen molar-refractivity contribution in [2.75, 3.05) is 5.32 Å². The summed E-state index contributed by atoms with van der Waals surface area (Å²) in [5, 5.41) is 5.54. The zero-order valence-corrected chi connectivity index (χ0v) is 17.3. The Balaban J connectivity index is 1.43. The maximum atomic E-state index is 12.5. The molecule has 2 heterocycles. The molecule has 1 amide bonds. The van der Waals surface area contributed by atoms with E-state index in [2.05, 4.69) is 20.3 Å². The minimum Gasteiger partial charge on any atom is -0.449 e. The third-order valence-electron chi connectivity index (χ3n) is 4.25. The summed E-state index contributed by atoms with van der Waals surface area (Å²) in [4.78, 5) is 37.8. The fourth-order valence-electron chi connectivity index (χ4n) is 2.73. The van der Waals surface area contributed by atoms with E-state index in [-0.39, 0.29) is 5.56 Å². The van der Waals surface area contributed by atoms with Crippen LogP contribution in [0.4, 0.5) is 5.13 Å². The molecule has 9 heteroatoms. The van der Waals surface area contributed by atoms with Crippen LogP contribution < -0.4 is 5.32 Å². The second-order valence-electron chi connectivity index (χ2n) is 6.31. The number of hydrogen-bond acceptors (Lipinski definition) is 7. The number of hydrogen-bond donors (Lipinski definition) is 1. The van der Waals surface area contributed by atoms with Crippen molar-refractivity contribution < 1.29 is 14.3 Å². The van der Waals surface area contributed by atoms with Crippen LogP contribution in [0.15, 0.2) is 60.2 Å². The molecule has 0 aliphatic carbocycles. The van der Waals surface area contributed by atoms with Crippen LogP contribution in [0.1, 0.15) is 17.3 Å². The molecule has 1 N–H and O–H groups in total. The summed E-state index contributed by atoms with van der Waals surface area (Å²) in [6.07, 6.45) is 2.02. The highest BCUT2D eigenvalue weighted by molar-refractivity contribution is 7.14. The molecule has 0 saturated carbocycles. The zero-order valence-electron chi connectivity index (χ0n) is 15.7. The van der Waals surface area contributed by atoms with E-state index in [1.54, 1.807) is 36.5 Å². The average Bonchev–Trinajstić information content (AvgIpc) is 3.22. The third-order valence-corrected chi connectivity index (χ3v) is 5.26. The first kappa shape index (κ1) is 19.9. The van der Waals surface area contributed by atoms with Crippen LogP contribution in [0.25, 0.3) is 22.3 Å². The first-order valence-corrected chi connectivity index (χ1v) is 10.2. The fraction of sp³-hybridized carbons (Fsp3) is 0.0952. The number of nitrogens with one attached hydrogen (secondary N) is 1. The topological polar surface area (TPSA) is 94.1 Å². The van der Waals surface area contributed by atoms with Crippen LogP contribution >= 0.6 is 22.9 Å². The Labute approximate surface area is 180 Å². The molecule has 0 aliphatic heterocycles. The van der Waals surface area contributed by atoms with Crippen molar-refractivity contribution in [3.8, 4) is 11.3 Å². The lowest BCUT2D eigenvalue weighted by Gasteiger charge is -2.13. The van der Waals surface area contributed by atoms with Crippen LogP contribution in [0.2, 0.25) is 5.02 Å². The number of nitrogens with zero attached hydrogens (tertiary/aromatic N) is 3. The van der Waals surface area contributed by atoms with Crippen LogP contribution in [-0.2, 0) is 9.53 Å². The molecular formula is C21H15ClN4O3S. The number of para-hydroxylation sites is 1. The van der Waals surface area contributed by atoms with Crippen molar-refractivity contribution in [2.45, 2.75) is 13.0 Å². The van der Waals surface area contributed by atoms with Crippen LogP contribution in [-0.4, -0.2) is 32.9 Å². The van der Waals surface area contributed by atoms with Gasteiger partial charge in [0.2, 0.25) is 0 Å². The van der Waals surface area contributed by atoms with Gasteiger partial charge in [-0.15, -0.1) is 11.3 Å². The lowest BCUT2D eigenvalue weighted by atomic mass is 10.2. The van der Waals surface area contributed by atoms with Gasteiger partial charge in [-0.2, -0.15) is 0 Å². The van der Waals surface area contributed by atoms with Crippen molar-refractivity contribution in [3.63, 3.8) is 0 Å². The molecule has 1 unspecified atom stereocenters. The van der Waals surface area contributed by atoms with E-state index in [0.717, 1.165) is 5.56 Å². The number of anilines is 1. The smallest absolute Gasteiger partial charge is 0.341 e. The van der Waals surface area contributed by atoms with E-state index >= 15 is 0 Å². The monoisotopic (exact) mass is 438 g/mol. The molecule has 0 spiro atoms. The SMILES string of the molecule is CC(OC(=O)c1cccc2nccnc12)C(=O)Nc1nc(-c2ccc(Cl)cc2)cs1. The zero-order chi connectivity index (χ0) is 21.1. The summed E-state index contributed by atoms with van der Waals surface area (Å²) in [5.41, 5.74) is 2.84. The maximum absolute atomic E-state index is 12.5. The Morgan fingerprint density at radius 3 is 2.67 bits per heavy atom. The second kappa shape index (κ2) is 8.56. The van der Waals surface area contributed by atoms with E-state index in [1.807, 2.05) is 17.5 Å². The molecule has 2 aromatic heterocycles. The van der Waals surface area contributed by atoms with Gasteiger partial charge in [-0.3, -0.25) is 20.1 Å². The molecule has 7 nitrogen and oxygen atoms in total. The number of carbonyl (C=O) groups is 2. The van der Waals surface area contributed by atoms with E-state index in [0.29, 0.717) is 26.9 Å². The van der Waals surface area contributed by atoms with Gasteiger partial charge in [0.15, 0.2) is 11.2 Å². The largest absolute Gasteiger partial charge is 0.449 e. The number of carbonyl (C=O) groups excluding carboxylic acids is 2. The van der Waals surface area contributed by atoms with Gasteiger partial charge < -0.3 is 4.74 Å². The van der Waals surface area contributed by atoms with Crippen molar-refractivity contribution >= 4 is 51.0 Å². The molecule has 0 fully saturated rings. The highest BCUT2D eigenvalue weighted by Crippen LogP contribution is 2.26. The normalized spacial score (nSPS) is 11.8. The first-order valence-electron chi connectivity index (χ1n) is 8.94. The Kier molecular flexibility index (Phi) is 5.69. The molecule has 4 aromatic rings. The number of rotatable bonds is 5. The summed E-state index contributed by atoms with van der Waals surface area (Å²) in [6, 6.07) is 12.3. The Morgan fingerprint density at radius 1 is 1.10 bits per heavy atom. The molecular weight excluding hydrogens is 424 g/mol. The van der Waals surface area contributed by atoms with Gasteiger partial charge in [-0.05, 0) is 31.2 Å². The Bertz CT molecular complexity index is 1220. The van der Waals surface area contributed by atoms with Crippen LogP contribution in [0, 0.1) is 0 Å². The Morgan fingerprint density at radius 2 is 1.87 bits per heavy atom. The standard InChI is InChI=1S/C21H15ClN4O3S/c1-12(29-20(28)15-3-2-4-16-18(15)24-10-9-23-16)19(27)26-21-25-17(11-30-21)13-5-7-14(22)8-6-13/h2-12H,1H3,(H,25,26,27). The minimum atomic E-state index is -1.02. The molecule has 2 aromatic carbocycles. The summed E-state index contributed by atoms with van der Waals surface area (Å²) < 4.78 is 5.33. The number of benzene rings is 2. The lowest BCUT2D eigenvalue weighted by Crippen LogP contribution is -2.30. The highest BCUT2D eigenvalue weighted by Gasteiger charge is 2.22. The number of halogens is 1. The van der Waals surface area contributed by atoms with Crippen molar-refractivity contribution in [3.05, 3.63) is 70.8 Å². The van der Waals surface area contributed by atoms with Crippen molar-refractivity contribution in [1.82, 2.24) is 15.0 Å². The first-order chi connectivity index (χ1) is 14.5. The van der Waals surface area contributed by atoms with E-state index in [4.69, 9.17) is 16.3 Å². The number of amides is 1. The summed E-state index contributed by atoms with van der Waals surface area (Å²) in [5.74, 6) is -1.13. The number of ether oxygens (including phenoxy) is 1. The van der Waals surface area contributed by atoms with Gasteiger partial charge in [0.25, 0.3) is 5.91 Å². The molecule has 0 bridgehead atoms. The second-order valence-corrected chi connectivity index (χ2v) is 7.61. The van der Waals surface area contributed by atoms with Gasteiger partial charge in [0.05, 0.1) is 16.8 Å². The minimum absolute atomic E-state index is 0.250. The van der Waals surface area contributed by atoms with Gasteiger partial charge >= 0.3 is 5.97 Å². The van der Waals surface area contributed by atoms with E-state index < -0.39 is 18.0 Å². The van der Waals surface area contributed by atoms with Gasteiger partial charge in [0, 0.05) is 28.4 Å². The third kappa shape index (κ3) is 4.29. The highest BCUT2D eigenvalue weighted by atomic mass is 35.5. The van der Waals surface area contributed by atoms with Gasteiger partial charge in [-0.1, -0.05) is 29.8 Å². The molecule has 0 radical (unpaired) electrons. The number of thiazole rings is 1. The number of fused-ring (bicyclic) bond motifs is 1. The lowest BCUT2D eigenvalue weighted by molar-refractivity contribution is -0.123. The number of aromatic nitrogens is 3. The molecule has 1 atom stereocenters. The fourth-order valence-corrected chi connectivity index (χ4v) is 3.57. The summed E-state index contributed by atoms with van der Waals surface area (Å²) in [6.45, 7) is 1.50. The summed E-state index contributed by atoms with van der Waals surface area (Å²) >= 11 is 7.18. The van der Waals surface area contributed by atoms with Crippen LogP contribution in [0.3, 0.4) is 0 Å². The molecule has 0 aliphatic rings. The van der Waals surface area contributed by atoms with Gasteiger partial charge in [-0.25, -0.2) is 9.78 Å². The molecule has 150 valence electrons. The van der Waals surface area contributed by atoms with Crippen LogP contribution in [0.5, 0.6) is 0 Å². The molecule has 0 saturated heterocycles. The predicted molar refractivity (Wildman–Crippen MR) is 116 cm³/mol. The van der Waals surface area contributed by atoms with E-state index in [1.165, 1.54) is 24.5 Å². The number of esters is 1. The maximum Gasteiger partial charge on any atom is 0.341 e. The Hall–Kier alpha value is -3.36. The summed E-state index contributed by atoms with van der Waals surface area (Å²) in [7, 11) is 0. The van der Waals surface area contributed by atoms with E-state index in [9.17, 15) is 9.59 Å². The quantitative estimate of drug-likeness (QED) is 0.458. The molecule has 4 rings (SSSR count). The predicted octanol–water partition coefficient (Wildman–Crippen LogP) is 4.59.